The summed E-state index contributed by atoms with van der Waals surface area (Å²) in [6, 6.07) is 7.74. The lowest BCUT2D eigenvalue weighted by Crippen LogP contribution is -2.48. The number of carbonyl (C=O) groups is 2. The van der Waals surface area contributed by atoms with E-state index in [0.717, 1.165) is 18.4 Å². The lowest BCUT2D eigenvalue weighted by Gasteiger charge is -2.37. The second-order valence-electron chi connectivity index (χ2n) is 9.51. The first-order chi connectivity index (χ1) is 15.7. The van der Waals surface area contributed by atoms with E-state index in [0.29, 0.717) is 31.2 Å². The molecule has 0 spiro atoms. The van der Waals surface area contributed by atoms with E-state index < -0.39 is 0 Å². The van der Waals surface area contributed by atoms with Gasteiger partial charge in [-0.25, -0.2) is 4.39 Å². The Kier molecular flexibility index (Phi) is 8.89. The van der Waals surface area contributed by atoms with Crippen LogP contribution in [0.1, 0.15) is 57.0 Å². The summed E-state index contributed by atoms with van der Waals surface area (Å²) in [5.41, 5.74) is 1.10. The van der Waals surface area contributed by atoms with Gasteiger partial charge in [-0.3, -0.25) is 9.59 Å². The third kappa shape index (κ3) is 7.03. The molecule has 5 nitrogen and oxygen atoms in total. The molecule has 1 aromatic heterocycles. The number of halogens is 1. The number of nitrogens with zero attached hydrogens (tertiary/aromatic N) is 2. The van der Waals surface area contributed by atoms with Gasteiger partial charge in [0.1, 0.15) is 18.2 Å². The number of hydrogen-bond acceptors (Lipinski definition) is 4. The highest BCUT2D eigenvalue weighted by molar-refractivity contribution is 7.10. The van der Waals surface area contributed by atoms with E-state index in [1.807, 2.05) is 24.1 Å². The van der Waals surface area contributed by atoms with E-state index in [2.05, 4.69) is 19.9 Å². The molecule has 0 saturated carbocycles. The third-order valence-corrected chi connectivity index (χ3v) is 6.87. The fourth-order valence-corrected chi connectivity index (χ4v) is 4.95. The zero-order valence-electron chi connectivity index (χ0n) is 20.1. The van der Waals surface area contributed by atoms with Crippen LogP contribution in [0.4, 0.5) is 4.39 Å². The molecule has 1 aliphatic rings. The van der Waals surface area contributed by atoms with Gasteiger partial charge in [-0.1, -0.05) is 27.7 Å². The van der Waals surface area contributed by atoms with Crippen LogP contribution in [-0.4, -0.2) is 47.9 Å². The van der Waals surface area contributed by atoms with Crippen molar-refractivity contribution in [1.82, 2.24) is 9.80 Å². The average molecular weight is 475 g/mol. The Hall–Kier alpha value is -2.41. The SMILES string of the molecule is CC(C)CCN(CC(=O)N1CCc2sccc2[C@@H]1COc1ccc(F)cc1)C(=O)CC(C)C. The number of thiophene rings is 1. The van der Waals surface area contributed by atoms with Crippen molar-refractivity contribution in [2.24, 2.45) is 11.8 Å². The molecule has 0 radical (unpaired) electrons. The number of ether oxygens (including phenoxy) is 1. The molecule has 1 aromatic carbocycles. The standard InChI is InChI=1S/C26H35FN2O3S/c1-18(2)9-12-28(25(30)15-19(3)4)16-26(31)29-13-10-24-22(11-14-33-24)23(29)17-32-21-7-5-20(27)6-8-21/h5-8,11,14,18-19,23H,9-10,12-13,15-17H2,1-4H3/t23-/m0/s1. The van der Waals surface area contributed by atoms with Crippen LogP contribution in [0.2, 0.25) is 0 Å². The molecule has 180 valence electrons. The highest BCUT2D eigenvalue weighted by Gasteiger charge is 2.33. The van der Waals surface area contributed by atoms with Crippen molar-refractivity contribution < 1.29 is 18.7 Å². The molecular weight excluding hydrogens is 439 g/mol. The quantitative estimate of drug-likeness (QED) is 0.469. The van der Waals surface area contributed by atoms with Crippen LogP contribution in [0, 0.1) is 17.7 Å². The van der Waals surface area contributed by atoms with Gasteiger partial charge in [-0.05, 0) is 66.0 Å². The smallest absolute Gasteiger partial charge is 0.242 e. The van der Waals surface area contributed by atoms with Crippen molar-refractivity contribution in [1.29, 1.82) is 0 Å². The fraction of sp³-hybridized carbons (Fsp3) is 0.538. The Morgan fingerprint density at radius 1 is 1.15 bits per heavy atom. The second-order valence-corrected chi connectivity index (χ2v) is 10.5. The van der Waals surface area contributed by atoms with Crippen LogP contribution in [0.5, 0.6) is 5.75 Å². The monoisotopic (exact) mass is 474 g/mol. The topological polar surface area (TPSA) is 49.9 Å². The highest BCUT2D eigenvalue weighted by atomic mass is 32.1. The van der Waals surface area contributed by atoms with E-state index in [1.165, 1.54) is 17.0 Å². The number of rotatable bonds is 10. The predicted molar refractivity (Wildman–Crippen MR) is 130 cm³/mol. The summed E-state index contributed by atoms with van der Waals surface area (Å²) in [4.78, 5) is 31.2. The minimum absolute atomic E-state index is 0.0337. The molecule has 2 amide bonds. The molecule has 0 aliphatic carbocycles. The van der Waals surface area contributed by atoms with Gasteiger partial charge in [0.15, 0.2) is 0 Å². The summed E-state index contributed by atoms with van der Waals surface area (Å²) in [7, 11) is 0. The molecule has 0 bridgehead atoms. The van der Waals surface area contributed by atoms with E-state index in [4.69, 9.17) is 4.74 Å². The Morgan fingerprint density at radius 3 is 2.55 bits per heavy atom. The van der Waals surface area contributed by atoms with Gasteiger partial charge in [0.2, 0.25) is 11.8 Å². The number of hydrogen-bond donors (Lipinski definition) is 0. The van der Waals surface area contributed by atoms with Gasteiger partial charge < -0.3 is 14.5 Å². The predicted octanol–water partition coefficient (Wildman–Crippen LogP) is 5.31. The normalized spacial score (nSPS) is 15.6. The maximum atomic E-state index is 13.5. The van der Waals surface area contributed by atoms with E-state index in [-0.39, 0.29) is 42.7 Å². The molecule has 2 aromatic rings. The summed E-state index contributed by atoms with van der Waals surface area (Å²) in [5, 5.41) is 2.05. The molecule has 0 fully saturated rings. The van der Waals surface area contributed by atoms with Crippen LogP contribution in [0.3, 0.4) is 0 Å². The minimum atomic E-state index is -0.315. The lowest BCUT2D eigenvalue weighted by molar-refractivity contribution is -0.143. The molecule has 3 rings (SSSR count). The highest BCUT2D eigenvalue weighted by Crippen LogP contribution is 2.34. The van der Waals surface area contributed by atoms with Crippen LogP contribution in [0.25, 0.3) is 0 Å². The molecule has 1 atom stereocenters. The molecule has 1 aliphatic heterocycles. The second kappa shape index (κ2) is 11.6. The average Bonchev–Trinajstić information content (AvgIpc) is 3.24. The molecule has 0 N–H and O–H groups in total. The summed E-state index contributed by atoms with van der Waals surface area (Å²) in [5.74, 6) is 0.928. The molecule has 0 saturated heterocycles. The van der Waals surface area contributed by atoms with Crippen molar-refractivity contribution in [3.63, 3.8) is 0 Å². The molecular formula is C26H35FN2O3S. The van der Waals surface area contributed by atoms with E-state index in [9.17, 15) is 14.0 Å². The first kappa shape index (κ1) is 25.2. The van der Waals surface area contributed by atoms with Gasteiger partial charge in [-0.2, -0.15) is 0 Å². The van der Waals surface area contributed by atoms with Gasteiger partial charge in [0, 0.05) is 24.4 Å². The summed E-state index contributed by atoms with van der Waals surface area (Å²) in [6.07, 6.45) is 2.11. The molecule has 2 heterocycles. The van der Waals surface area contributed by atoms with Crippen molar-refractivity contribution in [2.75, 3.05) is 26.2 Å². The number of benzene rings is 1. The Bertz CT molecular complexity index is 926. The fourth-order valence-electron chi connectivity index (χ4n) is 4.02. The molecule has 33 heavy (non-hydrogen) atoms. The Labute approximate surface area is 200 Å². The largest absolute Gasteiger partial charge is 0.491 e. The van der Waals surface area contributed by atoms with Crippen LogP contribution >= 0.6 is 11.3 Å². The van der Waals surface area contributed by atoms with Crippen molar-refractivity contribution in [2.45, 2.75) is 53.0 Å². The van der Waals surface area contributed by atoms with Crippen LogP contribution < -0.4 is 4.74 Å². The number of carbonyl (C=O) groups excluding carboxylic acids is 2. The van der Waals surface area contributed by atoms with Crippen LogP contribution in [-0.2, 0) is 16.0 Å². The minimum Gasteiger partial charge on any atom is -0.491 e. The first-order valence-electron chi connectivity index (χ1n) is 11.8. The maximum Gasteiger partial charge on any atom is 0.242 e. The van der Waals surface area contributed by atoms with E-state index >= 15 is 0 Å². The van der Waals surface area contributed by atoms with Gasteiger partial charge in [-0.15, -0.1) is 11.3 Å². The first-order valence-corrected chi connectivity index (χ1v) is 12.6. The Balaban J connectivity index is 1.74. The zero-order chi connectivity index (χ0) is 24.0. The zero-order valence-corrected chi connectivity index (χ0v) is 20.9. The van der Waals surface area contributed by atoms with Gasteiger partial charge in [0.05, 0.1) is 12.6 Å². The third-order valence-electron chi connectivity index (χ3n) is 5.87. The van der Waals surface area contributed by atoms with Gasteiger partial charge in [0.25, 0.3) is 0 Å². The number of fused-ring (bicyclic) bond motifs is 1. The number of amides is 2. The van der Waals surface area contributed by atoms with Crippen molar-refractivity contribution >= 4 is 23.2 Å². The summed E-state index contributed by atoms with van der Waals surface area (Å²) < 4.78 is 19.2. The molecule has 0 unspecified atom stereocenters. The van der Waals surface area contributed by atoms with E-state index in [1.54, 1.807) is 28.4 Å². The van der Waals surface area contributed by atoms with Crippen LogP contribution in [0.15, 0.2) is 35.7 Å². The molecule has 7 heteroatoms. The maximum absolute atomic E-state index is 13.5. The van der Waals surface area contributed by atoms with Crippen molar-refractivity contribution in [3.05, 3.63) is 52.0 Å². The Morgan fingerprint density at radius 2 is 1.88 bits per heavy atom. The lowest BCUT2D eigenvalue weighted by atomic mass is 10.00. The summed E-state index contributed by atoms with van der Waals surface area (Å²) >= 11 is 1.70. The van der Waals surface area contributed by atoms with Gasteiger partial charge >= 0.3 is 0 Å². The summed E-state index contributed by atoms with van der Waals surface area (Å²) in [6.45, 7) is 9.84. The van der Waals surface area contributed by atoms with Crippen molar-refractivity contribution in [3.8, 4) is 5.75 Å².